The van der Waals surface area contributed by atoms with Gasteiger partial charge in [-0.1, -0.05) is 38.8 Å². The first-order valence-corrected chi connectivity index (χ1v) is 7.75. The lowest BCUT2D eigenvalue weighted by atomic mass is 9.96. The molecule has 0 aromatic heterocycles. The number of nitrogen functional groups attached to an aromatic ring is 1. The van der Waals surface area contributed by atoms with Gasteiger partial charge in [-0.3, -0.25) is 4.79 Å². The van der Waals surface area contributed by atoms with E-state index in [1.807, 2.05) is 36.1 Å². The summed E-state index contributed by atoms with van der Waals surface area (Å²) in [5.41, 5.74) is 7.60. The molecule has 3 nitrogen and oxygen atoms in total. The maximum atomic E-state index is 12.6. The minimum Gasteiger partial charge on any atom is -0.399 e. The smallest absolute Gasteiger partial charge is 0.225 e. The quantitative estimate of drug-likeness (QED) is 0.733. The number of rotatable bonds is 8. The van der Waals surface area contributed by atoms with Crippen molar-refractivity contribution in [3.63, 3.8) is 0 Å². The molecular weight excluding hydrogens is 248 g/mol. The summed E-state index contributed by atoms with van der Waals surface area (Å²) in [5, 5.41) is 0. The van der Waals surface area contributed by atoms with Crippen LogP contribution in [0.1, 0.15) is 52.0 Å². The number of anilines is 1. The third kappa shape index (κ3) is 4.87. The normalized spacial score (nSPS) is 10.8. The first kappa shape index (κ1) is 16.5. The Hall–Kier alpha value is -1.51. The van der Waals surface area contributed by atoms with Gasteiger partial charge in [-0.2, -0.15) is 0 Å². The maximum absolute atomic E-state index is 12.6. The van der Waals surface area contributed by atoms with E-state index in [9.17, 15) is 4.79 Å². The molecule has 0 spiro atoms. The van der Waals surface area contributed by atoms with Crippen molar-refractivity contribution in [2.24, 2.45) is 5.92 Å². The Morgan fingerprint density at radius 2 is 1.65 bits per heavy atom. The Labute approximate surface area is 123 Å². The van der Waals surface area contributed by atoms with E-state index in [0.717, 1.165) is 43.5 Å². The maximum Gasteiger partial charge on any atom is 0.225 e. The number of carbonyl (C=O) groups excluding carboxylic acids is 1. The van der Waals surface area contributed by atoms with Gasteiger partial charge in [0.1, 0.15) is 0 Å². The van der Waals surface area contributed by atoms with Gasteiger partial charge in [-0.15, -0.1) is 0 Å². The van der Waals surface area contributed by atoms with Crippen molar-refractivity contribution in [2.75, 3.05) is 12.3 Å². The fourth-order valence-corrected chi connectivity index (χ4v) is 2.54. The summed E-state index contributed by atoms with van der Waals surface area (Å²) in [5.74, 6) is 0.478. The molecule has 0 saturated heterocycles. The van der Waals surface area contributed by atoms with Crippen LogP contribution in [0.2, 0.25) is 0 Å². The summed E-state index contributed by atoms with van der Waals surface area (Å²) in [6.07, 6.45) is 4.11. The molecule has 0 aliphatic carbocycles. The van der Waals surface area contributed by atoms with Crippen LogP contribution in [0.25, 0.3) is 0 Å². The molecule has 0 aliphatic rings. The van der Waals surface area contributed by atoms with Gasteiger partial charge in [0.25, 0.3) is 0 Å². The second-order valence-corrected chi connectivity index (χ2v) is 5.37. The average Bonchev–Trinajstić information content (AvgIpc) is 2.46. The number of hydrogen-bond donors (Lipinski definition) is 1. The van der Waals surface area contributed by atoms with E-state index >= 15 is 0 Å². The minimum absolute atomic E-state index is 0.179. The van der Waals surface area contributed by atoms with E-state index in [2.05, 4.69) is 13.8 Å². The molecule has 1 aromatic carbocycles. The van der Waals surface area contributed by atoms with Gasteiger partial charge in [0.2, 0.25) is 5.91 Å². The fourth-order valence-electron chi connectivity index (χ4n) is 2.54. The van der Waals surface area contributed by atoms with Crippen LogP contribution in [0.5, 0.6) is 0 Å². The van der Waals surface area contributed by atoms with Crippen molar-refractivity contribution in [1.82, 2.24) is 4.90 Å². The van der Waals surface area contributed by atoms with Crippen LogP contribution in [0.4, 0.5) is 5.69 Å². The number of hydrogen-bond acceptors (Lipinski definition) is 2. The zero-order chi connectivity index (χ0) is 15.0. The van der Waals surface area contributed by atoms with Crippen molar-refractivity contribution >= 4 is 11.6 Å². The lowest BCUT2D eigenvalue weighted by molar-refractivity contribution is -0.136. The molecule has 0 aliphatic heterocycles. The first-order chi connectivity index (χ1) is 9.62. The summed E-state index contributed by atoms with van der Waals surface area (Å²) < 4.78 is 0. The zero-order valence-electron chi connectivity index (χ0n) is 13.1. The number of amides is 1. The molecule has 1 rings (SSSR count). The molecule has 1 aromatic rings. The number of carbonyl (C=O) groups is 1. The first-order valence-electron chi connectivity index (χ1n) is 7.75. The minimum atomic E-state index is 0.179. The highest BCUT2D eigenvalue weighted by Crippen LogP contribution is 2.18. The van der Waals surface area contributed by atoms with Crippen LogP contribution in [-0.2, 0) is 11.3 Å². The second-order valence-electron chi connectivity index (χ2n) is 5.37. The molecule has 0 saturated carbocycles. The summed E-state index contributed by atoms with van der Waals surface area (Å²) in [6.45, 7) is 7.77. The van der Waals surface area contributed by atoms with Crippen LogP contribution >= 0.6 is 0 Å². The highest BCUT2D eigenvalue weighted by Gasteiger charge is 2.21. The van der Waals surface area contributed by atoms with Crippen molar-refractivity contribution in [1.29, 1.82) is 0 Å². The van der Waals surface area contributed by atoms with E-state index < -0.39 is 0 Å². The molecule has 0 atom stereocenters. The molecule has 2 N–H and O–H groups in total. The standard InChI is InChI=1S/C17H28N2O/c1-4-7-15(8-5-2)17(20)19(6-3)13-14-9-11-16(18)12-10-14/h9-12,15H,4-8,13,18H2,1-3H3. The number of nitrogens with two attached hydrogens (primary N) is 1. The van der Waals surface area contributed by atoms with Crippen molar-refractivity contribution in [3.05, 3.63) is 29.8 Å². The molecule has 20 heavy (non-hydrogen) atoms. The number of nitrogens with zero attached hydrogens (tertiary/aromatic N) is 1. The van der Waals surface area contributed by atoms with E-state index in [0.29, 0.717) is 12.5 Å². The summed E-state index contributed by atoms with van der Waals surface area (Å²) in [4.78, 5) is 14.6. The summed E-state index contributed by atoms with van der Waals surface area (Å²) >= 11 is 0. The van der Waals surface area contributed by atoms with Gasteiger partial charge in [0, 0.05) is 24.7 Å². The molecule has 112 valence electrons. The predicted molar refractivity (Wildman–Crippen MR) is 85.3 cm³/mol. The lowest BCUT2D eigenvalue weighted by Gasteiger charge is -2.26. The van der Waals surface area contributed by atoms with Crippen LogP contribution in [0.15, 0.2) is 24.3 Å². The fraction of sp³-hybridized carbons (Fsp3) is 0.588. The van der Waals surface area contributed by atoms with Crippen molar-refractivity contribution < 1.29 is 4.79 Å². The Balaban J connectivity index is 2.72. The topological polar surface area (TPSA) is 46.3 Å². The van der Waals surface area contributed by atoms with E-state index in [-0.39, 0.29) is 5.92 Å². The third-order valence-corrected chi connectivity index (χ3v) is 3.67. The van der Waals surface area contributed by atoms with E-state index in [1.54, 1.807) is 0 Å². The molecular formula is C17H28N2O. The molecule has 3 heteroatoms. The van der Waals surface area contributed by atoms with Crippen molar-refractivity contribution in [3.8, 4) is 0 Å². The predicted octanol–water partition coefficient (Wildman–Crippen LogP) is 3.83. The zero-order valence-corrected chi connectivity index (χ0v) is 13.1. The highest BCUT2D eigenvalue weighted by atomic mass is 16.2. The molecule has 0 unspecified atom stereocenters. The third-order valence-electron chi connectivity index (χ3n) is 3.67. The summed E-state index contributed by atoms with van der Waals surface area (Å²) in [6, 6.07) is 7.78. The van der Waals surface area contributed by atoms with E-state index in [4.69, 9.17) is 5.73 Å². The largest absolute Gasteiger partial charge is 0.399 e. The molecule has 0 fully saturated rings. The lowest BCUT2D eigenvalue weighted by Crippen LogP contribution is -2.35. The van der Waals surface area contributed by atoms with Gasteiger partial charge in [-0.05, 0) is 37.5 Å². The van der Waals surface area contributed by atoms with Gasteiger partial charge >= 0.3 is 0 Å². The Morgan fingerprint density at radius 3 is 2.10 bits per heavy atom. The molecule has 0 bridgehead atoms. The Kier molecular flexibility index (Phi) is 7.13. The second kappa shape index (κ2) is 8.62. The molecule has 1 amide bonds. The van der Waals surface area contributed by atoms with Gasteiger partial charge in [-0.25, -0.2) is 0 Å². The Bertz CT molecular complexity index is 394. The van der Waals surface area contributed by atoms with Crippen LogP contribution in [-0.4, -0.2) is 17.4 Å². The number of benzene rings is 1. The molecule has 0 heterocycles. The SMILES string of the molecule is CCCC(CCC)C(=O)N(CC)Cc1ccc(N)cc1. The Morgan fingerprint density at radius 1 is 1.10 bits per heavy atom. The highest BCUT2D eigenvalue weighted by molar-refractivity contribution is 5.78. The van der Waals surface area contributed by atoms with E-state index in [1.165, 1.54) is 0 Å². The molecule has 0 radical (unpaired) electrons. The van der Waals surface area contributed by atoms with Gasteiger partial charge in [0.15, 0.2) is 0 Å². The van der Waals surface area contributed by atoms with Crippen LogP contribution in [0, 0.1) is 5.92 Å². The summed E-state index contributed by atoms with van der Waals surface area (Å²) in [7, 11) is 0. The van der Waals surface area contributed by atoms with Gasteiger partial charge < -0.3 is 10.6 Å². The van der Waals surface area contributed by atoms with Crippen molar-refractivity contribution in [2.45, 2.75) is 53.0 Å². The van der Waals surface area contributed by atoms with Crippen LogP contribution in [0.3, 0.4) is 0 Å². The monoisotopic (exact) mass is 276 g/mol. The van der Waals surface area contributed by atoms with Crippen LogP contribution < -0.4 is 5.73 Å². The average molecular weight is 276 g/mol. The van der Waals surface area contributed by atoms with Gasteiger partial charge in [0.05, 0.1) is 0 Å².